The molecule has 0 spiro atoms. The number of nitrogens with zero attached hydrogens (tertiary/aromatic N) is 2. The highest BCUT2D eigenvalue weighted by Crippen LogP contribution is 2.23. The first-order valence-corrected chi connectivity index (χ1v) is 12.5. The zero-order valence-corrected chi connectivity index (χ0v) is 19.7. The van der Waals surface area contributed by atoms with Gasteiger partial charge in [0.05, 0.1) is 26.3 Å². The van der Waals surface area contributed by atoms with Crippen molar-refractivity contribution < 1.29 is 9.53 Å². The van der Waals surface area contributed by atoms with Crippen LogP contribution in [0.15, 0.2) is 17.5 Å². The van der Waals surface area contributed by atoms with E-state index in [1.165, 1.54) is 24.1 Å². The van der Waals surface area contributed by atoms with Crippen molar-refractivity contribution in [3.63, 3.8) is 0 Å². The fraction of sp³-hybridized carbons (Fsp3) is 0.727. The number of morpholine rings is 1. The van der Waals surface area contributed by atoms with Crippen LogP contribution in [-0.4, -0.2) is 72.8 Å². The second-order valence-corrected chi connectivity index (χ2v) is 9.82. The average molecular weight is 453 g/mol. The lowest BCUT2D eigenvalue weighted by Crippen LogP contribution is -2.48. The Bertz CT molecular complexity index is 650. The monoisotopic (exact) mass is 452 g/mol. The van der Waals surface area contributed by atoms with Gasteiger partial charge in [-0.25, -0.2) is 0 Å². The molecule has 1 saturated heterocycles. The molecule has 0 bridgehead atoms. The Morgan fingerprint density at radius 3 is 2.87 bits per heavy atom. The van der Waals surface area contributed by atoms with Crippen molar-refractivity contribution in [3.8, 4) is 0 Å². The Morgan fingerprint density at radius 1 is 1.33 bits per heavy atom. The van der Waals surface area contributed by atoms with Crippen molar-refractivity contribution in [3.05, 3.63) is 22.4 Å². The first-order valence-electron chi connectivity index (χ1n) is 11.3. The van der Waals surface area contributed by atoms with Gasteiger partial charge in [-0.1, -0.05) is 25.8 Å². The van der Waals surface area contributed by atoms with Crippen molar-refractivity contribution in [2.75, 3.05) is 45.9 Å². The van der Waals surface area contributed by atoms with E-state index in [2.05, 4.69) is 44.9 Å². The van der Waals surface area contributed by atoms with Gasteiger partial charge in [0.2, 0.25) is 5.91 Å². The molecule has 168 valence electrons. The highest BCUT2D eigenvalue weighted by Gasteiger charge is 2.23. The lowest BCUT2D eigenvalue weighted by molar-refractivity contribution is -0.121. The minimum absolute atomic E-state index is 0.0421. The minimum atomic E-state index is 0.0421. The molecule has 0 aromatic carbocycles. The molecule has 2 fully saturated rings. The van der Waals surface area contributed by atoms with Crippen molar-refractivity contribution >= 4 is 34.6 Å². The smallest absolute Gasteiger partial charge is 0.239 e. The van der Waals surface area contributed by atoms with E-state index in [-0.39, 0.29) is 12.5 Å². The molecule has 30 heavy (non-hydrogen) atoms. The lowest BCUT2D eigenvalue weighted by atomic mass is 9.86. The molecule has 3 rings (SSSR count). The Kier molecular flexibility index (Phi) is 9.84. The van der Waals surface area contributed by atoms with Gasteiger partial charge in [-0.15, -0.1) is 11.3 Å². The van der Waals surface area contributed by atoms with Crippen molar-refractivity contribution in [2.24, 2.45) is 5.92 Å². The van der Waals surface area contributed by atoms with Gasteiger partial charge in [-0.2, -0.15) is 0 Å². The summed E-state index contributed by atoms with van der Waals surface area (Å²) in [5.74, 6) is 0.602. The summed E-state index contributed by atoms with van der Waals surface area (Å²) < 4.78 is 5.43. The third-order valence-electron chi connectivity index (χ3n) is 6.08. The summed E-state index contributed by atoms with van der Waals surface area (Å²) in [7, 11) is 0. The minimum Gasteiger partial charge on any atom is -0.379 e. The summed E-state index contributed by atoms with van der Waals surface area (Å²) >= 11 is 7.41. The normalized spacial score (nSPS) is 22.4. The van der Waals surface area contributed by atoms with Crippen LogP contribution in [0.2, 0.25) is 0 Å². The number of carbonyl (C=O) groups is 1. The molecule has 1 aromatic heterocycles. The fourth-order valence-corrected chi connectivity index (χ4v) is 5.16. The topological polar surface area (TPSA) is 56.8 Å². The number of ether oxygens (including phenoxy) is 1. The second-order valence-electron chi connectivity index (χ2n) is 8.40. The molecule has 1 aromatic rings. The number of hydrogen-bond donors (Lipinski definition) is 2. The molecule has 1 aliphatic heterocycles. The number of carbonyl (C=O) groups excluding carboxylic acids is 1. The van der Waals surface area contributed by atoms with Crippen molar-refractivity contribution in [1.82, 2.24) is 20.4 Å². The van der Waals surface area contributed by atoms with Crippen LogP contribution in [0.25, 0.3) is 0 Å². The highest BCUT2D eigenvalue weighted by atomic mass is 32.1. The molecular weight excluding hydrogens is 416 g/mol. The third-order valence-corrected chi connectivity index (χ3v) is 7.34. The molecule has 0 unspecified atom stereocenters. The lowest BCUT2D eigenvalue weighted by Gasteiger charge is -2.30. The number of rotatable bonds is 9. The van der Waals surface area contributed by atoms with Crippen LogP contribution in [0.1, 0.15) is 43.9 Å². The Morgan fingerprint density at radius 2 is 2.13 bits per heavy atom. The first-order chi connectivity index (χ1) is 14.6. The zero-order valence-electron chi connectivity index (χ0n) is 18.1. The van der Waals surface area contributed by atoms with E-state index in [1.54, 1.807) is 11.3 Å². The molecule has 6 nitrogen and oxygen atoms in total. The van der Waals surface area contributed by atoms with Crippen LogP contribution in [-0.2, 0) is 16.1 Å². The van der Waals surface area contributed by atoms with Gasteiger partial charge < -0.3 is 20.3 Å². The Labute approximate surface area is 190 Å². The molecular formula is C22H36N4O2S2. The van der Waals surface area contributed by atoms with E-state index in [4.69, 9.17) is 17.0 Å². The summed E-state index contributed by atoms with van der Waals surface area (Å²) in [5.41, 5.74) is 0. The summed E-state index contributed by atoms with van der Waals surface area (Å²) in [6.45, 7) is 8.86. The maximum atomic E-state index is 12.5. The number of thiophene rings is 1. The van der Waals surface area contributed by atoms with Gasteiger partial charge >= 0.3 is 0 Å². The Hall–Kier alpha value is -1.22. The molecule has 1 amide bonds. The van der Waals surface area contributed by atoms with Gasteiger partial charge in [0.1, 0.15) is 0 Å². The molecule has 2 heterocycles. The highest BCUT2D eigenvalue weighted by molar-refractivity contribution is 7.80. The zero-order chi connectivity index (χ0) is 21.2. The summed E-state index contributed by atoms with van der Waals surface area (Å²) in [6, 6.07) is 4.51. The van der Waals surface area contributed by atoms with Gasteiger partial charge in [0.25, 0.3) is 0 Å². The first kappa shape index (κ1) is 23.4. The summed E-state index contributed by atoms with van der Waals surface area (Å²) in [6.07, 6.45) is 5.81. The van der Waals surface area contributed by atoms with Crippen molar-refractivity contribution in [2.45, 2.75) is 51.6 Å². The fourth-order valence-electron chi connectivity index (χ4n) is 4.21. The predicted molar refractivity (Wildman–Crippen MR) is 127 cm³/mol. The van der Waals surface area contributed by atoms with Crippen LogP contribution >= 0.6 is 23.6 Å². The van der Waals surface area contributed by atoms with Gasteiger partial charge in [0.15, 0.2) is 5.11 Å². The van der Waals surface area contributed by atoms with E-state index < -0.39 is 0 Å². The molecule has 1 saturated carbocycles. The maximum absolute atomic E-state index is 12.5. The number of thiocarbonyl (C=S) groups is 1. The largest absolute Gasteiger partial charge is 0.379 e. The standard InChI is InChI=1S/C22H36N4O2S2/c1-18-6-2-3-8-20(18)24-21(27)16-23-22(29)26(17-19-7-4-15-30-19)10-5-9-25-11-13-28-14-12-25/h4,7,15,18,20H,2-3,5-6,8-14,16-17H2,1H3,(H,23,29)(H,24,27)/t18-,20-/m0/s1. The summed E-state index contributed by atoms with van der Waals surface area (Å²) in [5, 5.41) is 9.16. The quantitative estimate of drug-likeness (QED) is 0.562. The van der Waals surface area contributed by atoms with Crippen LogP contribution in [0.4, 0.5) is 0 Å². The number of hydrogen-bond acceptors (Lipinski definition) is 5. The molecule has 8 heteroatoms. The Balaban J connectivity index is 1.44. The van der Waals surface area contributed by atoms with Gasteiger partial charge in [-0.3, -0.25) is 9.69 Å². The summed E-state index contributed by atoms with van der Waals surface area (Å²) in [4.78, 5) is 18.4. The van der Waals surface area contributed by atoms with Crippen LogP contribution < -0.4 is 10.6 Å². The molecule has 2 aliphatic rings. The van der Waals surface area contributed by atoms with Gasteiger partial charge in [-0.05, 0) is 48.8 Å². The SMILES string of the molecule is C[C@H]1CCCC[C@@H]1NC(=O)CNC(=S)N(CCCN1CCOCC1)Cc1cccs1. The average Bonchev–Trinajstić information content (AvgIpc) is 3.27. The van der Waals surface area contributed by atoms with Crippen LogP contribution in [0.5, 0.6) is 0 Å². The number of nitrogens with one attached hydrogen (secondary N) is 2. The van der Waals surface area contributed by atoms with Crippen LogP contribution in [0.3, 0.4) is 0 Å². The van der Waals surface area contributed by atoms with Gasteiger partial charge in [0, 0.05) is 37.1 Å². The van der Waals surface area contributed by atoms with E-state index in [0.717, 1.165) is 58.8 Å². The molecule has 1 aliphatic carbocycles. The van der Waals surface area contributed by atoms with Crippen LogP contribution in [0, 0.1) is 5.92 Å². The molecule has 0 radical (unpaired) electrons. The number of amides is 1. The third kappa shape index (κ3) is 7.80. The van der Waals surface area contributed by atoms with E-state index in [9.17, 15) is 4.79 Å². The van der Waals surface area contributed by atoms with E-state index in [1.807, 2.05) is 0 Å². The van der Waals surface area contributed by atoms with E-state index in [0.29, 0.717) is 17.1 Å². The molecule has 2 N–H and O–H groups in total. The van der Waals surface area contributed by atoms with E-state index >= 15 is 0 Å². The predicted octanol–water partition coefficient (Wildman–Crippen LogP) is 2.84. The second kappa shape index (κ2) is 12.6. The molecule has 2 atom stereocenters. The maximum Gasteiger partial charge on any atom is 0.239 e. The van der Waals surface area contributed by atoms with Crippen molar-refractivity contribution in [1.29, 1.82) is 0 Å².